The first-order valence-electron chi connectivity index (χ1n) is 34.7. The Balaban J connectivity index is 3.05. The molecule has 0 aliphatic carbocycles. The van der Waals surface area contributed by atoms with Crippen LogP contribution in [0.15, 0.2) is 12.2 Å². The van der Waals surface area contributed by atoms with Crippen molar-refractivity contribution in [1.29, 1.82) is 5.26 Å². The molecule has 26 nitrogen and oxygen atoms in total. The molecule has 0 aromatic rings. The molecule has 2 saturated heterocycles. The number of aliphatic hydroxyl groups is 1. The molecular weight excluding hydrogens is 1230 g/mol. The lowest BCUT2D eigenvalue weighted by atomic mass is 9.91. The molecule has 5 N–H and O–H groups in total. The molecule has 0 spiro atoms. The Morgan fingerprint density at radius 2 is 0.990 bits per heavy atom. The molecule has 0 radical (unpaired) electrons. The number of allylic oxidation sites excluding steroid dienone is 2. The van der Waals surface area contributed by atoms with Crippen LogP contribution < -0.4 is 21.3 Å². The second-order valence-corrected chi connectivity index (χ2v) is 29.4. The number of nitrogens with zero attached hydrogens (tertiary/aromatic N) is 10. The SMILES string of the molecule is C/C=C/C[C@@H](C)[C@@H](O)[C@H]1C(=O)N[C@@H](CC)C(=O)N(C)[C@H](C)C(=O)N(C)[C@@H]([C@H](C)CN(C)CN2CCC(C#N)CC2)C(=O)N[C@@H](C(C)C)C(=O)N(C)[C@@H](CC(C)C)C(=O)N[C@@H](C)C(=O)N[C@H](C)C(=O)N(C)[C@@H](CC(C)C)C(=O)N(C)[C@@H](CC(C)C)C(=O)N(C)[C@@H](C(C)C)C(=O)N1C. The molecule has 2 fully saturated rings. The highest BCUT2D eigenvalue weighted by Gasteiger charge is 2.47. The van der Waals surface area contributed by atoms with Gasteiger partial charge in [0.1, 0.15) is 66.5 Å². The van der Waals surface area contributed by atoms with Gasteiger partial charge in [-0.1, -0.05) is 102 Å². The van der Waals surface area contributed by atoms with Gasteiger partial charge in [-0.3, -0.25) is 62.5 Å². The van der Waals surface area contributed by atoms with Gasteiger partial charge in [0, 0.05) is 74.9 Å². The van der Waals surface area contributed by atoms with Crippen LogP contribution in [0, 0.1) is 58.7 Å². The first-order valence-corrected chi connectivity index (χ1v) is 34.7. The molecule has 26 heteroatoms. The fraction of sp³-hybridized carbons (Fsp3) is 0.800. The van der Waals surface area contributed by atoms with Gasteiger partial charge >= 0.3 is 0 Å². The summed E-state index contributed by atoms with van der Waals surface area (Å²) in [5, 5.41) is 33.0. The Hall–Kier alpha value is -6.72. The van der Waals surface area contributed by atoms with Crippen LogP contribution in [0.25, 0.3) is 0 Å². The number of rotatable bonds is 18. The number of likely N-dealkylation sites (tertiary alicyclic amines) is 1. The van der Waals surface area contributed by atoms with Crippen molar-refractivity contribution in [2.45, 2.75) is 235 Å². The van der Waals surface area contributed by atoms with Crippen LogP contribution in [0.4, 0.5) is 0 Å². The highest BCUT2D eigenvalue weighted by molar-refractivity contribution is 6.00. The van der Waals surface area contributed by atoms with E-state index in [1.54, 1.807) is 61.5 Å². The summed E-state index contributed by atoms with van der Waals surface area (Å²) in [7, 11) is 11.9. The monoisotopic (exact) mass is 1350 g/mol. The van der Waals surface area contributed by atoms with Gasteiger partial charge in [0.15, 0.2) is 0 Å². The third-order valence-electron chi connectivity index (χ3n) is 19.1. The number of aliphatic hydroxyl groups excluding tert-OH is 1. The third kappa shape index (κ3) is 23.2. The lowest BCUT2D eigenvalue weighted by molar-refractivity contribution is -0.157. The van der Waals surface area contributed by atoms with E-state index in [-0.39, 0.29) is 55.9 Å². The number of nitriles is 1. The molecule has 2 aliphatic rings. The number of nitrogens with one attached hydrogen (secondary N) is 4. The minimum absolute atomic E-state index is 0.00796. The van der Waals surface area contributed by atoms with E-state index >= 15 is 28.8 Å². The largest absolute Gasteiger partial charge is 0.390 e. The predicted molar refractivity (Wildman–Crippen MR) is 370 cm³/mol. The second-order valence-electron chi connectivity index (χ2n) is 29.4. The summed E-state index contributed by atoms with van der Waals surface area (Å²) in [5.74, 6) is -10.6. The maximum atomic E-state index is 15.3. The summed E-state index contributed by atoms with van der Waals surface area (Å²) < 4.78 is 0. The topological polar surface area (TPSA) is 309 Å². The fourth-order valence-corrected chi connectivity index (χ4v) is 13.0. The zero-order chi connectivity index (χ0) is 73.8. The molecule has 2 rings (SSSR count). The molecule has 0 bridgehead atoms. The van der Waals surface area contributed by atoms with Crippen LogP contribution in [-0.2, 0) is 52.7 Å². The summed E-state index contributed by atoms with van der Waals surface area (Å²) in [4.78, 5) is 177. The summed E-state index contributed by atoms with van der Waals surface area (Å²) in [6, 6.07) is -11.7. The summed E-state index contributed by atoms with van der Waals surface area (Å²) in [6.07, 6.45) is 4.18. The highest BCUT2D eigenvalue weighted by Crippen LogP contribution is 2.27. The van der Waals surface area contributed by atoms with E-state index < -0.39 is 161 Å². The number of hydrogen-bond acceptors (Lipinski definition) is 15. The number of hydrogen-bond donors (Lipinski definition) is 5. The van der Waals surface area contributed by atoms with Gasteiger partial charge in [0.25, 0.3) is 0 Å². The normalized spacial score (nSPS) is 27.6. The zero-order valence-electron chi connectivity index (χ0n) is 62.9. The number of carbonyl (C=O) groups excluding carboxylic acids is 11. The fourth-order valence-electron chi connectivity index (χ4n) is 13.0. The minimum atomic E-state index is -1.64. The van der Waals surface area contributed by atoms with Gasteiger partial charge in [-0.2, -0.15) is 5.26 Å². The molecule has 2 heterocycles. The summed E-state index contributed by atoms with van der Waals surface area (Å²) >= 11 is 0. The molecule has 11 amide bonds. The first kappa shape index (κ1) is 85.4. The Bertz CT molecular complexity index is 2710. The molecule has 0 saturated carbocycles. The van der Waals surface area contributed by atoms with Crippen molar-refractivity contribution in [3.63, 3.8) is 0 Å². The molecule has 0 aromatic heterocycles. The number of piperidine rings is 1. The maximum Gasteiger partial charge on any atom is 0.246 e. The summed E-state index contributed by atoms with van der Waals surface area (Å²) in [6.45, 7) is 31.6. The van der Waals surface area contributed by atoms with Crippen LogP contribution in [0.5, 0.6) is 0 Å². The molecule has 546 valence electrons. The zero-order valence-corrected chi connectivity index (χ0v) is 62.9. The lowest BCUT2D eigenvalue weighted by Gasteiger charge is -2.41. The Kier molecular flexibility index (Phi) is 34.7. The van der Waals surface area contributed by atoms with Gasteiger partial charge < -0.3 is 60.7 Å². The predicted octanol–water partition coefficient (Wildman–Crippen LogP) is 3.37. The van der Waals surface area contributed by atoms with Crippen molar-refractivity contribution in [2.24, 2.45) is 47.3 Å². The molecule has 0 unspecified atom stereocenters. The van der Waals surface area contributed by atoms with E-state index in [0.29, 0.717) is 39.0 Å². The van der Waals surface area contributed by atoms with Crippen LogP contribution in [-0.4, -0.2) is 269 Å². The number of carbonyl (C=O) groups is 11. The van der Waals surface area contributed by atoms with Crippen molar-refractivity contribution >= 4 is 65.0 Å². The average molecular weight is 1350 g/mol. The smallest absolute Gasteiger partial charge is 0.246 e. The summed E-state index contributed by atoms with van der Waals surface area (Å²) in [5.41, 5.74) is 0. The van der Waals surface area contributed by atoms with Crippen molar-refractivity contribution in [1.82, 2.24) is 65.4 Å². The Labute approximate surface area is 574 Å². The van der Waals surface area contributed by atoms with Gasteiger partial charge in [-0.15, -0.1) is 0 Å². The van der Waals surface area contributed by atoms with Crippen LogP contribution in [0.3, 0.4) is 0 Å². The second kappa shape index (κ2) is 39.0. The maximum absolute atomic E-state index is 15.3. The van der Waals surface area contributed by atoms with Gasteiger partial charge in [0.05, 0.1) is 18.8 Å². The van der Waals surface area contributed by atoms with E-state index in [0.717, 1.165) is 9.80 Å². The van der Waals surface area contributed by atoms with Crippen molar-refractivity contribution in [2.75, 3.05) is 82.7 Å². The van der Waals surface area contributed by atoms with E-state index in [1.807, 2.05) is 59.6 Å². The Morgan fingerprint density at radius 3 is 1.47 bits per heavy atom. The number of amides is 11. The van der Waals surface area contributed by atoms with E-state index in [9.17, 15) is 34.3 Å². The van der Waals surface area contributed by atoms with Gasteiger partial charge in [0.2, 0.25) is 65.0 Å². The van der Waals surface area contributed by atoms with E-state index in [2.05, 4.69) is 32.2 Å². The van der Waals surface area contributed by atoms with Gasteiger partial charge in [-0.25, -0.2) is 0 Å². The van der Waals surface area contributed by atoms with E-state index in [4.69, 9.17) is 0 Å². The van der Waals surface area contributed by atoms with Crippen molar-refractivity contribution < 1.29 is 57.8 Å². The van der Waals surface area contributed by atoms with Crippen LogP contribution >= 0.6 is 0 Å². The average Bonchev–Trinajstić information content (AvgIpc) is 0.813. The molecule has 0 aromatic carbocycles. The standard InChI is InChI=1S/C70H124N14O12/c1-26-28-29-45(13)59(85)58-63(89)74-51(27-2)66(92)77(19)49(17)65(91)82(24)57(46(14)38-76(18)39-84-32-30-50(37-71)31-33-84)62(88)75-55(43(9)10)69(95)78(20)52(34-40(3)4)61(87)72-47(15)60(86)73-48(16)64(90)79(21)53(35-41(5)6)67(93)80(22)54(36-42(7)8)68(94)81(23)56(44(11)12)70(96)83(58)25/h26,28,40-59,85H,27,29-36,38-39H2,1-25H3,(H,72,87)(H,73,86)(H,74,89)(H,75,88)/b28-26+/t45-,46-,47+,48-,49-,51+,52+,53+,54+,55+,56+,57+,58+,59-/m1/s1. The quantitative estimate of drug-likeness (QED) is 0.123. The molecule has 96 heavy (non-hydrogen) atoms. The Morgan fingerprint density at radius 1 is 0.531 bits per heavy atom. The van der Waals surface area contributed by atoms with E-state index in [1.165, 1.54) is 94.6 Å². The first-order chi connectivity index (χ1) is 44.5. The highest BCUT2D eigenvalue weighted by atomic mass is 16.3. The lowest BCUT2D eigenvalue weighted by Crippen LogP contribution is -2.64. The number of likely N-dealkylation sites (N-methyl/N-ethyl adjacent to an activating group) is 7. The molecule has 2 aliphatic heterocycles. The van der Waals surface area contributed by atoms with Crippen LogP contribution in [0.2, 0.25) is 0 Å². The minimum Gasteiger partial charge on any atom is -0.390 e. The van der Waals surface area contributed by atoms with Crippen LogP contribution in [0.1, 0.15) is 163 Å². The van der Waals surface area contributed by atoms with Gasteiger partial charge in [-0.05, 0) is 121 Å². The molecular formula is C70H124N14O12. The van der Waals surface area contributed by atoms with Crippen molar-refractivity contribution in [3.05, 3.63) is 12.2 Å². The third-order valence-corrected chi connectivity index (χ3v) is 19.1. The van der Waals surface area contributed by atoms with Crippen molar-refractivity contribution in [3.8, 4) is 6.07 Å². The molecule has 14 atom stereocenters.